The van der Waals surface area contributed by atoms with Gasteiger partial charge in [-0.3, -0.25) is 9.59 Å². The number of hydrogen-bond donors (Lipinski definition) is 1. The average molecular weight is 434 g/mol. The number of allylic oxidation sites excluding steroid dienone is 10. The minimum absolute atomic E-state index is 0.196. The van der Waals surface area contributed by atoms with Gasteiger partial charge in [0.1, 0.15) is 23.4 Å². The first kappa shape index (κ1) is 23.0. The molecule has 32 heavy (non-hydrogen) atoms. The van der Waals surface area contributed by atoms with E-state index in [-0.39, 0.29) is 16.7 Å². The number of rotatable bonds is 7. The van der Waals surface area contributed by atoms with E-state index in [9.17, 15) is 19.5 Å². The Morgan fingerprint density at radius 2 is 1.91 bits per heavy atom. The molecular formula is C26H26O6. The summed E-state index contributed by atoms with van der Waals surface area (Å²) >= 11 is 0. The first-order valence-corrected chi connectivity index (χ1v) is 10.4. The fourth-order valence-electron chi connectivity index (χ4n) is 3.45. The van der Waals surface area contributed by atoms with Crippen LogP contribution in [-0.4, -0.2) is 28.2 Å². The first-order valence-electron chi connectivity index (χ1n) is 10.4. The topological polar surface area (TPSA) is 89.9 Å². The molecule has 0 amide bonds. The van der Waals surface area contributed by atoms with E-state index in [0.717, 1.165) is 12.5 Å². The Hall–Kier alpha value is -3.67. The summed E-state index contributed by atoms with van der Waals surface area (Å²) in [6.45, 7) is 7.40. The maximum Gasteiger partial charge on any atom is 0.343 e. The average Bonchev–Trinajstić information content (AvgIpc) is 3.00. The lowest BCUT2D eigenvalue weighted by Gasteiger charge is -2.30. The molecular weight excluding hydrogens is 408 g/mol. The van der Waals surface area contributed by atoms with E-state index in [1.54, 1.807) is 37.3 Å². The van der Waals surface area contributed by atoms with Gasteiger partial charge in [-0.15, -0.1) is 0 Å². The fraction of sp³-hybridized carbons (Fsp3) is 0.269. The van der Waals surface area contributed by atoms with Crippen molar-refractivity contribution >= 4 is 17.5 Å². The summed E-state index contributed by atoms with van der Waals surface area (Å²) in [6.07, 6.45) is 16.9. The van der Waals surface area contributed by atoms with Crippen molar-refractivity contribution in [2.75, 3.05) is 0 Å². The Balaban J connectivity index is 1.87. The molecule has 0 saturated heterocycles. The summed E-state index contributed by atoms with van der Waals surface area (Å²) in [5, 5.41) is 10.5. The van der Waals surface area contributed by atoms with Crippen LogP contribution in [0.2, 0.25) is 0 Å². The van der Waals surface area contributed by atoms with Crippen LogP contribution in [0.25, 0.3) is 0 Å². The molecule has 6 nitrogen and oxygen atoms in total. The molecule has 166 valence electrons. The highest BCUT2D eigenvalue weighted by molar-refractivity contribution is 6.16. The quantitative estimate of drug-likeness (QED) is 0.271. The van der Waals surface area contributed by atoms with E-state index in [1.807, 2.05) is 6.08 Å². The maximum atomic E-state index is 13.0. The number of fused-ring (bicyclic) bond motifs is 2. The van der Waals surface area contributed by atoms with Gasteiger partial charge in [0.05, 0.1) is 5.57 Å². The van der Waals surface area contributed by atoms with Crippen LogP contribution in [0.3, 0.4) is 0 Å². The van der Waals surface area contributed by atoms with E-state index < -0.39 is 28.9 Å². The molecule has 1 aliphatic carbocycles. The zero-order chi connectivity index (χ0) is 23.5. The van der Waals surface area contributed by atoms with Crippen LogP contribution in [0.1, 0.15) is 34.1 Å². The number of carbonyl (C=O) groups excluding carboxylic acids is 3. The van der Waals surface area contributed by atoms with Gasteiger partial charge >= 0.3 is 5.97 Å². The summed E-state index contributed by atoms with van der Waals surface area (Å²) in [5.41, 5.74) is -0.732. The van der Waals surface area contributed by atoms with Gasteiger partial charge in [-0.1, -0.05) is 50.6 Å². The van der Waals surface area contributed by atoms with Crippen molar-refractivity contribution < 1.29 is 29.0 Å². The molecule has 0 aromatic rings. The highest BCUT2D eigenvalue weighted by Crippen LogP contribution is 2.44. The molecule has 2 heterocycles. The molecule has 6 heteroatoms. The molecule has 2 atom stereocenters. The molecule has 0 aromatic carbocycles. The standard InChI is InChI=1S/C26H26O6/c1-5-16(2)10-8-6-7-9-11-19(27)14-22(28)23-21-13-18-12-17(3)31-15-20(18)24(29)26(21,4)32-25(23)30/h6-16,28H,5H2,1-4H3. The van der Waals surface area contributed by atoms with Crippen molar-refractivity contribution in [1.82, 2.24) is 0 Å². The Kier molecular flexibility index (Phi) is 6.63. The number of aliphatic hydroxyl groups is 1. The minimum Gasteiger partial charge on any atom is -0.507 e. The van der Waals surface area contributed by atoms with Gasteiger partial charge in [-0.2, -0.15) is 0 Å². The Bertz CT molecular complexity index is 1100. The Morgan fingerprint density at radius 3 is 2.62 bits per heavy atom. The number of hydrogen-bond acceptors (Lipinski definition) is 6. The number of Topliss-reactive ketones (excluding diaryl/α,β-unsaturated/α-hetero) is 1. The first-order chi connectivity index (χ1) is 15.2. The zero-order valence-electron chi connectivity index (χ0n) is 18.5. The lowest BCUT2D eigenvalue weighted by molar-refractivity contribution is -0.152. The molecule has 3 rings (SSSR count). The zero-order valence-corrected chi connectivity index (χ0v) is 18.5. The third-order valence-corrected chi connectivity index (χ3v) is 5.51. The molecule has 0 fully saturated rings. The summed E-state index contributed by atoms with van der Waals surface area (Å²) < 4.78 is 10.6. The largest absolute Gasteiger partial charge is 0.507 e. The van der Waals surface area contributed by atoms with Gasteiger partial charge in [0.25, 0.3) is 0 Å². The summed E-state index contributed by atoms with van der Waals surface area (Å²) in [4.78, 5) is 37.7. The Morgan fingerprint density at radius 1 is 1.19 bits per heavy atom. The number of carbonyl (C=O) groups is 3. The van der Waals surface area contributed by atoms with E-state index in [4.69, 9.17) is 9.47 Å². The van der Waals surface area contributed by atoms with Crippen LogP contribution in [0.4, 0.5) is 0 Å². The highest BCUT2D eigenvalue weighted by atomic mass is 16.6. The van der Waals surface area contributed by atoms with Crippen molar-refractivity contribution in [2.45, 2.75) is 39.7 Å². The minimum atomic E-state index is -1.59. The molecule has 0 saturated carbocycles. The van der Waals surface area contributed by atoms with Gasteiger partial charge in [0, 0.05) is 11.6 Å². The van der Waals surface area contributed by atoms with Crippen molar-refractivity contribution in [1.29, 1.82) is 0 Å². The fourth-order valence-corrected chi connectivity index (χ4v) is 3.45. The van der Waals surface area contributed by atoms with Crippen LogP contribution in [0.15, 0.2) is 94.8 Å². The predicted molar refractivity (Wildman–Crippen MR) is 120 cm³/mol. The Labute approximate surface area is 187 Å². The number of ether oxygens (including phenoxy) is 2. The predicted octanol–water partition coefficient (Wildman–Crippen LogP) is 4.65. The van der Waals surface area contributed by atoms with Gasteiger partial charge < -0.3 is 14.6 Å². The third kappa shape index (κ3) is 4.49. The third-order valence-electron chi connectivity index (χ3n) is 5.51. The van der Waals surface area contributed by atoms with Gasteiger partial charge in [-0.25, -0.2) is 4.79 Å². The molecule has 0 aromatic heterocycles. The molecule has 1 N–H and O–H groups in total. The monoisotopic (exact) mass is 434 g/mol. The number of aliphatic hydroxyl groups excluding tert-OH is 1. The molecule has 0 radical (unpaired) electrons. The molecule has 2 unspecified atom stereocenters. The highest BCUT2D eigenvalue weighted by Gasteiger charge is 2.53. The van der Waals surface area contributed by atoms with Crippen LogP contribution in [0.5, 0.6) is 0 Å². The molecule has 3 aliphatic rings. The van der Waals surface area contributed by atoms with Gasteiger partial charge in [0.2, 0.25) is 5.78 Å². The molecule has 0 bridgehead atoms. The summed E-state index contributed by atoms with van der Waals surface area (Å²) in [6, 6.07) is 0. The summed E-state index contributed by atoms with van der Waals surface area (Å²) in [5.74, 6) is -1.32. The SMILES string of the molecule is CCC(C)C=CC=CC=CC(=O)C=C(O)C1=C2C=C3C=C(C)OC=C3C(=O)C2(C)OC1=O. The van der Waals surface area contributed by atoms with Crippen molar-refractivity contribution in [3.8, 4) is 0 Å². The second kappa shape index (κ2) is 9.22. The molecule has 0 spiro atoms. The lowest BCUT2D eigenvalue weighted by Crippen LogP contribution is -2.41. The van der Waals surface area contributed by atoms with Crippen molar-refractivity contribution in [3.05, 3.63) is 94.8 Å². The second-order valence-electron chi connectivity index (χ2n) is 7.99. The molecule has 2 aliphatic heterocycles. The second-order valence-corrected chi connectivity index (χ2v) is 7.99. The van der Waals surface area contributed by atoms with E-state index >= 15 is 0 Å². The number of esters is 1. The van der Waals surface area contributed by atoms with E-state index in [2.05, 4.69) is 19.9 Å². The number of ketones is 2. The van der Waals surface area contributed by atoms with E-state index in [0.29, 0.717) is 17.3 Å². The normalized spacial score (nSPS) is 24.2. The van der Waals surface area contributed by atoms with Crippen molar-refractivity contribution in [2.24, 2.45) is 5.92 Å². The van der Waals surface area contributed by atoms with Gasteiger partial charge in [-0.05, 0) is 43.6 Å². The van der Waals surface area contributed by atoms with Crippen LogP contribution < -0.4 is 0 Å². The smallest absolute Gasteiger partial charge is 0.343 e. The lowest BCUT2D eigenvalue weighted by atomic mass is 9.77. The van der Waals surface area contributed by atoms with Crippen molar-refractivity contribution in [3.63, 3.8) is 0 Å². The summed E-state index contributed by atoms with van der Waals surface area (Å²) in [7, 11) is 0. The van der Waals surface area contributed by atoms with Crippen LogP contribution in [-0.2, 0) is 23.9 Å². The van der Waals surface area contributed by atoms with Gasteiger partial charge in [0.15, 0.2) is 11.4 Å². The van der Waals surface area contributed by atoms with Crippen LogP contribution >= 0.6 is 0 Å². The van der Waals surface area contributed by atoms with E-state index in [1.165, 1.54) is 19.3 Å². The maximum absolute atomic E-state index is 13.0. The van der Waals surface area contributed by atoms with Crippen LogP contribution in [0, 0.1) is 5.92 Å².